The number of primary amides is 1. The van der Waals surface area contributed by atoms with Crippen molar-refractivity contribution in [3.63, 3.8) is 0 Å². The molecule has 0 unspecified atom stereocenters. The zero-order valence-corrected chi connectivity index (χ0v) is 12.2. The molecule has 7 nitrogen and oxygen atoms in total. The standard InChI is InChI=1S/C15H18N2O5/c1-9-6-17(7-11(9)15(20)21)14(19)10-4-2-3-5-12(10)22-8-13(16)18/h2-5,9,11H,6-8H2,1H3,(H2,16,18)(H,20,21)/t9-,11-/m1/s1. The Hall–Kier alpha value is -2.57. The third-order valence-corrected chi connectivity index (χ3v) is 3.70. The molecule has 0 saturated carbocycles. The van der Waals surface area contributed by atoms with Crippen molar-refractivity contribution in [2.24, 2.45) is 17.6 Å². The molecule has 1 heterocycles. The second kappa shape index (κ2) is 6.46. The van der Waals surface area contributed by atoms with Crippen molar-refractivity contribution in [1.82, 2.24) is 4.90 Å². The lowest BCUT2D eigenvalue weighted by Gasteiger charge is -2.18. The van der Waals surface area contributed by atoms with Gasteiger partial charge in [0.15, 0.2) is 6.61 Å². The Bertz CT molecular complexity index is 601. The molecule has 2 rings (SSSR count). The van der Waals surface area contributed by atoms with E-state index >= 15 is 0 Å². The van der Waals surface area contributed by atoms with E-state index in [0.29, 0.717) is 12.1 Å². The number of amides is 2. The molecule has 1 aliphatic heterocycles. The van der Waals surface area contributed by atoms with Crippen LogP contribution < -0.4 is 10.5 Å². The highest BCUT2D eigenvalue weighted by atomic mass is 16.5. The van der Waals surface area contributed by atoms with Crippen LogP contribution in [0, 0.1) is 11.8 Å². The maximum Gasteiger partial charge on any atom is 0.308 e. The highest BCUT2D eigenvalue weighted by Crippen LogP contribution is 2.27. The first-order valence-corrected chi connectivity index (χ1v) is 6.92. The van der Waals surface area contributed by atoms with Crippen molar-refractivity contribution in [1.29, 1.82) is 0 Å². The second-order valence-corrected chi connectivity index (χ2v) is 5.38. The summed E-state index contributed by atoms with van der Waals surface area (Å²) in [5.41, 5.74) is 5.33. The largest absolute Gasteiger partial charge is 0.483 e. The molecule has 1 aromatic rings. The summed E-state index contributed by atoms with van der Waals surface area (Å²) in [5.74, 6) is -2.26. The van der Waals surface area contributed by atoms with Crippen molar-refractivity contribution in [3.05, 3.63) is 29.8 Å². The molecule has 1 fully saturated rings. The van der Waals surface area contributed by atoms with Crippen LogP contribution in [0.1, 0.15) is 17.3 Å². The van der Waals surface area contributed by atoms with Gasteiger partial charge in [-0.3, -0.25) is 14.4 Å². The van der Waals surface area contributed by atoms with Crippen LogP contribution in [0.3, 0.4) is 0 Å². The molecule has 2 amide bonds. The van der Waals surface area contributed by atoms with Crippen molar-refractivity contribution in [2.45, 2.75) is 6.92 Å². The van der Waals surface area contributed by atoms with E-state index in [1.54, 1.807) is 24.3 Å². The predicted molar refractivity (Wildman–Crippen MR) is 77.3 cm³/mol. The van der Waals surface area contributed by atoms with Gasteiger partial charge in [-0.15, -0.1) is 0 Å². The number of para-hydroxylation sites is 1. The van der Waals surface area contributed by atoms with Crippen molar-refractivity contribution in [2.75, 3.05) is 19.7 Å². The Balaban J connectivity index is 2.16. The Labute approximate surface area is 127 Å². The van der Waals surface area contributed by atoms with E-state index in [1.807, 2.05) is 6.92 Å². The predicted octanol–water partition coefficient (Wildman–Crippen LogP) is 0.343. The highest BCUT2D eigenvalue weighted by Gasteiger charge is 2.37. The number of nitrogens with zero attached hydrogens (tertiary/aromatic N) is 1. The first-order chi connectivity index (χ1) is 10.4. The summed E-state index contributed by atoms with van der Waals surface area (Å²) in [6, 6.07) is 6.51. The van der Waals surface area contributed by atoms with Crippen LogP contribution in [0.2, 0.25) is 0 Å². The smallest absolute Gasteiger partial charge is 0.308 e. The Morgan fingerprint density at radius 2 is 2.00 bits per heavy atom. The van der Waals surface area contributed by atoms with E-state index in [0.717, 1.165) is 0 Å². The zero-order valence-electron chi connectivity index (χ0n) is 12.2. The molecule has 2 atom stereocenters. The van der Waals surface area contributed by atoms with Gasteiger partial charge >= 0.3 is 5.97 Å². The molecule has 0 aromatic heterocycles. The fourth-order valence-electron chi connectivity index (χ4n) is 2.54. The maximum absolute atomic E-state index is 12.6. The topological polar surface area (TPSA) is 110 Å². The maximum atomic E-state index is 12.6. The third kappa shape index (κ3) is 3.36. The number of carboxylic acid groups (broad SMARTS) is 1. The highest BCUT2D eigenvalue weighted by molar-refractivity contribution is 5.97. The van der Waals surface area contributed by atoms with Gasteiger partial charge in [-0.25, -0.2) is 0 Å². The molecular formula is C15H18N2O5. The number of carbonyl (C=O) groups is 3. The van der Waals surface area contributed by atoms with E-state index in [9.17, 15) is 14.4 Å². The Kier molecular flexibility index (Phi) is 4.65. The van der Waals surface area contributed by atoms with Crippen LogP contribution in [0.5, 0.6) is 5.75 Å². The van der Waals surface area contributed by atoms with E-state index in [1.165, 1.54) is 4.90 Å². The molecule has 0 radical (unpaired) electrons. The average molecular weight is 306 g/mol. The normalized spacial score (nSPS) is 20.7. The van der Waals surface area contributed by atoms with Crippen molar-refractivity contribution < 1.29 is 24.2 Å². The summed E-state index contributed by atoms with van der Waals surface area (Å²) in [6.07, 6.45) is 0. The molecule has 7 heteroatoms. The number of hydrogen-bond acceptors (Lipinski definition) is 4. The minimum atomic E-state index is -0.902. The summed E-state index contributed by atoms with van der Waals surface area (Å²) in [6.45, 7) is 2.03. The monoisotopic (exact) mass is 306 g/mol. The minimum Gasteiger partial charge on any atom is -0.483 e. The van der Waals surface area contributed by atoms with Crippen LogP contribution in [0.15, 0.2) is 24.3 Å². The number of nitrogens with two attached hydrogens (primary N) is 1. The van der Waals surface area contributed by atoms with Gasteiger partial charge in [0, 0.05) is 13.1 Å². The van der Waals surface area contributed by atoms with Gasteiger partial charge in [0.25, 0.3) is 11.8 Å². The number of carboxylic acids is 1. The van der Waals surface area contributed by atoms with Crippen molar-refractivity contribution >= 4 is 17.8 Å². The van der Waals surface area contributed by atoms with Gasteiger partial charge in [0.1, 0.15) is 5.75 Å². The quantitative estimate of drug-likeness (QED) is 0.815. The number of aliphatic carboxylic acids is 1. The summed E-state index contributed by atoms with van der Waals surface area (Å²) in [5, 5.41) is 9.14. The summed E-state index contributed by atoms with van der Waals surface area (Å²) in [4.78, 5) is 36.0. The number of rotatable bonds is 5. The minimum absolute atomic E-state index is 0.111. The van der Waals surface area contributed by atoms with Gasteiger partial charge in [-0.2, -0.15) is 0 Å². The Morgan fingerprint density at radius 1 is 1.32 bits per heavy atom. The summed E-state index contributed by atoms with van der Waals surface area (Å²) in [7, 11) is 0. The lowest BCUT2D eigenvalue weighted by Crippen LogP contribution is -2.30. The molecule has 0 spiro atoms. The molecular weight excluding hydrogens is 288 g/mol. The van der Waals surface area contributed by atoms with E-state index in [-0.39, 0.29) is 30.7 Å². The van der Waals surface area contributed by atoms with E-state index < -0.39 is 17.8 Å². The van der Waals surface area contributed by atoms with Crippen LogP contribution in [0.25, 0.3) is 0 Å². The van der Waals surface area contributed by atoms with E-state index in [4.69, 9.17) is 15.6 Å². The van der Waals surface area contributed by atoms with Gasteiger partial charge < -0.3 is 20.5 Å². The molecule has 118 valence electrons. The zero-order chi connectivity index (χ0) is 16.3. The summed E-state index contributed by atoms with van der Waals surface area (Å²) >= 11 is 0. The SMILES string of the molecule is C[C@@H]1CN(C(=O)c2ccccc2OCC(N)=O)C[C@H]1C(=O)O. The third-order valence-electron chi connectivity index (χ3n) is 3.70. The molecule has 1 saturated heterocycles. The number of ether oxygens (including phenoxy) is 1. The molecule has 22 heavy (non-hydrogen) atoms. The molecule has 3 N–H and O–H groups in total. The van der Waals surface area contributed by atoms with E-state index in [2.05, 4.69) is 0 Å². The second-order valence-electron chi connectivity index (χ2n) is 5.38. The summed E-state index contributed by atoms with van der Waals surface area (Å²) < 4.78 is 5.24. The molecule has 1 aromatic carbocycles. The number of carbonyl (C=O) groups excluding carboxylic acids is 2. The lowest BCUT2D eigenvalue weighted by atomic mass is 9.99. The van der Waals surface area contributed by atoms with Crippen LogP contribution in [-0.2, 0) is 9.59 Å². The van der Waals surface area contributed by atoms with Crippen molar-refractivity contribution in [3.8, 4) is 5.75 Å². The molecule has 0 aliphatic carbocycles. The van der Waals surface area contributed by atoms with Gasteiger partial charge in [-0.05, 0) is 18.1 Å². The number of likely N-dealkylation sites (tertiary alicyclic amines) is 1. The lowest BCUT2D eigenvalue weighted by molar-refractivity contribution is -0.142. The number of hydrogen-bond donors (Lipinski definition) is 2. The van der Waals surface area contributed by atoms with Crippen LogP contribution >= 0.6 is 0 Å². The number of benzene rings is 1. The van der Waals surface area contributed by atoms with Gasteiger partial charge in [0.05, 0.1) is 11.5 Å². The van der Waals surface area contributed by atoms with Crippen LogP contribution in [0.4, 0.5) is 0 Å². The first-order valence-electron chi connectivity index (χ1n) is 6.92. The fourth-order valence-corrected chi connectivity index (χ4v) is 2.54. The van der Waals surface area contributed by atoms with Gasteiger partial charge in [-0.1, -0.05) is 19.1 Å². The Morgan fingerprint density at radius 3 is 2.59 bits per heavy atom. The first kappa shape index (κ1) is 15.8. The fraction of sp³-hybridized carbons (Fsp3) is 0.400. The molecule has 0 bridgehead atoms. The molecule has 1 aliphatic rings. The van der Waals surface area contributed by atoms with Crippen LogP contribution in [-0.4, -0.2) is 47.5 Å². The average Bonchev–Trinajstić information content (AvgIpc) is 2.87. The van der Waals surface area contributed by atoms with Gasteiger partial charge in [0.2, 0.25) is 0 Å².